The number of amides is 1. The van der Waals surface area contributed by atoms with Gasteiger partial charge in [-0.25, -0.2) is 0 Å². The molecule has 0 aromatic rings. The van der Waals surface area contributed by atoms with Gasteiger partial charge in [0.2, 0.25) is 0 Å². The lowest BCUT2D eigenvalue weighted by molar-refractivity contribution is -0.138. The van der Waals surface area contributed by atoms with Crippen LogP contribution in [0.25, 0.3) is 0 Å². The van der Waals surface area contributed by atoms with E-state index in [0.717, 1.165) is 37.7 Å². The molecular weight excluding hydrogens is 272 g/mol. The van der Waals surface area contributed by atoms with Crippen LogP contribution in [0.1, 0.15) is 44.9 Å². The second-order valence-corrected chi connectivity index (χ2v) is 7.66. The van der Waals surface area contributed by atoms with E-state index < -0.39 is 5.60 Å². The van der Waals surface area contributed by atoms with Gasteiger partial charge in [-0.05, 0) is 37.9 Å². The molecule has 4 nitrogen and oxygen atoms in total. The maximum atomic E-state index is 12.2. The normalized spacial score (nSPS) is 33.6. The first-order valence-corrected chi connectivity index (χ1v) is 9.18. The summed E-state index contributed by atoms with van der Waals surface area (Å²) in [5.41, 5.74) is -1.10. The molecule has 3 rings (SSSR count). The molecule has 2 N–H and O–H groups in total. The molecule has 5 heteroatoms. The average Bonchev–Trinajstić information content (AvgIpc) is 3.11. The summed E-state index contributed by atoms with van der Waals surface area (Å²) in [6, 6.07) is 1.05. The predicted molar refractivity (Wildman–Crippen MR) is 81.9 cm³/mol. The molecule has 3 fully saturated rings. The third-order valence-corrected chi connectivity index (χ3v) is 6.30. The van der Waals surface area contributed by atoms with E-state index in [-0.39, 0.29) is 11.9 Å². The number of aliphatic hydroxyl groups is 1. The summed E-state index contributed by atoms with van der Waals surface area (Å²) in [5.74, 6) is 1.31. The van der Waals surface area contributed by atoms with Crippen LogP contribution in [0, 0.1) is 0 Å². The second-order valence-electron chi connectivity index (χ2n) is 6.56. The van der Waals surface area contributed by atoms with Gasteiger partial charge in [0.05, 0.1) is 0 Å². The van der Waals surface area contributed by atoms with Crippen LogP contribution >= 0.6 is 11.8 Å². The Hall–Kier alpha value is -0.260. The van der Waals surface area contributed by atoms with Crippen LogP contribution in [0.5, 0.6) is 0 Å². The van der Waals surface area contributed by atoms with Crippen LogP contribution < -0.4 is 5.32 Å². The van der Waals surface area contributed by atoms with Gasteiger partial charge in [-0.2, -0.15) is 11.8 Å². The molecule has 0 radical (unpaired) electrons. The number of carbonyl (C=O) groups is 1. The molecule has 1 unspecified atom stereocenters. The summed E-state index contributed by atoms with van der Waals surface area (Å²) in [7, 11) is 0. The zero-order valence-electron chi connectivity index (χ0n) is 12.1. The molecule has 0 spiro atoms. The molecule has 0 aromatic carbocycles. The van der Waals surface area contributed by atoms with Crippen molar-refractivity contribution in [3.8, 4) is 0 Å². The van der Waals surface area contributed by atoms with E-state index in [1.165, 1.54) is 25.7 Å². The van der Waals surface area contributed by atoms with Gasteiger partial charge in [0, 0.05) is 30.9 Å². The number of piperidine rings is 1. The quantitative estimate of drug-likeness (QED) is 0.826. The number of hydrogen-bond donors (Lipinski definition) is 2. The first-order chi connectivity index (χ1) is 9.67. The summed E-state index contributed by atoms with van der Waals surface area (Å²) < 4.78 is 0. The fourth-order valence-electron chi connectivity index (χ4n) is 3.73. The molecule has 1 amide bonds. The third kappa shape index (κ3) is 3.15. The number of likely N-dealkylation sites (tertiary alicyclic amines) is 1. The van der Waals surface area contributed by atoms with Crippen LogP contribution in [0.3, 0.4) is 0 Å². The monoisotopic (exact) mass is 298 g/mol. The highest BCUT2D eigenvalue weighted by atomic mass is 32.2. The van der Waals surface area contributed by atoms with Gasteiger partial charge in [0.25, 0.3) is 5.91 Å². The standard InChI is InChI=1S/C15H26N2O2S/c18-14(15(19)7-10-20-11-15)16-12-5-8-17(9-6-12)13-3-1-2-4-13/h12-13,19H,1-11H2,(H,16,18). The SMILES string of the molecule is O=C(NC1CCN(C2CCCC2)CC1)C1(O)CCSC1. The summed E-state index contributed by atoms with van der Waals surface area (Å²) in [6.07, 6.45) is 8.14. The highest BCUT2D eigenvalue weighted by Gasteiger charge is 2.40. The van der Waals surface area contributed by atoms with Crippen LogP contribution in [-0.2, 0) is 4.79 Å². The zero-order chi connectivity index (χ0) is 14.0. The summed E-state index contributed by atoms with van der Waals surface area (Å²) in [6.45, 7) is 2.20. The van der Waals surface area contributed by atoms with Gasteiger partial charge < -0.3 is 15.3 Å². The lowest BCUT2D eigenvalue weighted by Crippen LogP contribution is -2.53. The van der Waals surface area contributed by atoms with Crippen LogP contribution in [0.4, 0.5) is 0 Å². The van der Waals surface area contributed by atoms with Crippen molar-refractivity contribution in [3.63, 3.8) is 0 Å². The lowest BCUT2D eigenvalue weighted by Gasteiger charge is -2.37. The molecule has 1 aliphatic carbocycles. The van der Waals surface area contributed by atoms with Crippen LogP contribution in [0.15, 0.2) is 0 Å². The van der Waals surface area contributed by atoms with Crippen LogP contribution in [0.2, 0.25) is 0 Å². The minimum atomic E-state index is -1.10. The summed E-state index contributed by atoms with van der Waals surface area (Å²) >= 11 is 1.67. The molecular formula is C15H26N2O2S. The Labute approximate surface area is 125 Å². The number of thioether (sulfide) groups is 1. The molecule has 2 heterocycles. The molecule has 1 saturated carbocycles. The van der Waals surface area contributed by atoms with Gasteiger partial charge in [-0.3, -0.25) is 4.79 Å². The Morgan fingerprint density at radius 3 is 2.50 bits per heavy atom. The van der Waals surface area contributed by atoms with E-state index >= 15 is 0 Å². The minimum absolute atomic E-state index is 0.137. The highest BCUT2D eigenvalue weighted by molar-refractivity contribution is 7.99. The van der Waals surface area contributed by atoms with E-state index in [1.54, 1.807) is 11.8 Å². The van der Waals surface area contributed by atoms with E-state index in [1.807, 2.05) is 0 Å². The fraction of sp³-hybridized carbons (Fsp3) is 0.933. The van der Waals surface area contributed by atoms with Crippen molar-refractivity contribution in [2.75, 3.05) is 24.6 Å². The summed E-state index contributed by atoms with van der Waals surface area (Å²) in [4.78, 5) is 14.8. The third-order valence-electron chi connectivity index (χ3n) is 5.13. The zero-order valence-corrected chi connectivity index (χ0v) is 13.0. The Bertz CT molecular complexity index is 344. The number of rotatable bonds is 3. The molecule has 2 saturated heterocycles. The first kappa shape index (κ1) is 14.7. The molecule has 3 aliphatic rings. The molecule has 2 aliphatic heterocycles. The number of hydrogen-bond acceptors (Lipinski definition) is 4. The van der Waals surface area contributed by atoms with Crippen molar-refractivity contribution in [2.24, 2.45) is 0 Å². The topological polar surface area (TPSA) is 52.6 Å². The summed E-state index contributed by atoms with van der Waals surface area (Å²) in [5, 5.41) is 13.4. The van der Waals surface area contributed by atoms with Crippen molar-refractivity contribution < 1.29 is 9.90 Å². The maximum absolute atomic E-state index is 12.2. The Balaban J connectivity index is 1.45. The van der Waals surface area contributed by atoms with Crippen LogP contribution in [-0.4, -0.2) is 58.2 Å². The molecule has 1 atom stereocenters. The largest absolute Gasteiger partial charge is 0.379 e. The lowest BCUT2D eigenvalue weighted by atomic mass is 9.98. The smallest absolute Gasteiger partial charge is 0.253 e. The average molecular weight is 298 g/mol. The number of carbonyl (C=O) groups excluding carboxylic acids is 1. The van der Waals surface area contributed by atoms with Gasteiger partial charge in [0.1, 0.15) is 0 Å². The van der Waals surface area contributed by atoms with Crippen molar-refractivity contribution in [3.05, 3.63) is 0 Å². The molecule has 20 heavy (non-hydrogen) atoms. The van der Waals surface area contributed by atoms with Gasteiger partial charge >= 0.3 is 0 Å². The number of nitrogens with one attached hydrogen (secondary N) is 1. The predicted octanol–water partition coefficient (Wildman–Crippen LogP) is 1.38. The molecule has 0 aromatic heterocycles. The fourth-order valence-corrected chi connectivity index (χ4v) is 4.97. The van der Waals surface area contributed by atoms with Crippen molar-refractivity contribution >= 4 is 17.7 Å². The first-order valence-electron chi connectivity index (χ1n) is 8.02. The highest BCUT2D eigenvalue weighted by Crippen LogP contribution is 2.29. The molecule has 0 bridgehead atoms. The van der Waals surface area contributed by atoms with Gasteiger partial charge in [0.15, 0.2) is 5.60 Å². The Kier molecular flexibility index (Phi) is 4.58. The maximum Gasteiger partial charge on any atom is 0.253 e. The van der Waals surface area contributed by atoms with Crippen molar-refractivity contribution in [1.29, 1.82) is 0 Å². The van der Waals surface area contributed by atoms with E-state index in [4.69, 9.17) is 0 Å². The Morgan fingerprint density at radius 1 is 1.20 bits per heavy atom. The second kappa shape index (κ2) is 6.24. The van der Waals surface area contributed by atoms with Gasteiger partial charge in [-0.1, -0.05) is 12.8 Å². The van der Waals surface area contributed by atoms with Crippen molar-refractivity contribution in [1.82, 2.24) is 10.2 Å². The van der Waals surface area contributed by atoms with E-state index in [2.05, 4.69) is 10.2 Å². The Morgan fingerprint density at radius 2 is 1.90 bits per heavy atom. The molecule has 114 valence electrons. The van der Waals surface area contributed by atoms with Gasteiger partial charge in [-0.15, -0.1) is 0 Å². The van der Waals surface area contributed by atoms with Crippen molar-refractivity contribution in [2.45, 2.75) is 62.6 Å². The van der Waals surface area contributed by atoms with E-state index in [0.29, 0.717) is 12.2 Å². The number of nitrogens with zero attached hydrogens (tertiary/aromatic N) is 1. The minimum Gasteiger partial charge on any atom is -0.379 e. The van der Waals surface area contributed by atoms with E-state index in [9.17, 15) is 9.90 Å².